The van der Waals surface area contributed by atoms with Crippen LogP contribution in [-0.2, 0) is 13.2 Å². The van der Waals surface area contributed by atoms with Crippen molar-refractivity contribution in [2.24, 2.45) is 0 Å². The Labute approximate surface area is 124 Å². The summed E-state index contributed by atoms with van der Waals surface area (Å²) in [6.07, 6.45) is 0. The third kappa shape index (κ3) is 3.35. The van der Waals surface area contributed by atoms with Crippen LogP contribution in [0.5, 0.6) is 0 Å². The van der Waals surface area contributed by atoms with Gasteiger partial charge >= 0.3 is 0 Å². The summed E-state index contributed by atoms with van der Waals surface area (Å²) in [6, 6.07) is 6.03. The number of aliphatic hydroxyl groups excluding tert-OH is 1. The molecule has 0 unspecified atom stereocenters. The molecule has 0 aliphatic rings. The van der Waals surface area contributed by atoms with Crippen LogP contribution in [-0.4, -0.2) is 22.1 Å². The van der Waals surface area contributed by atoms with Gasteiger partial charge in [-0.2, -0.15) is 0 Å². The number of aryl methyl sites for hydroxylation is 1. The third-order valence-electron chi connectivity index (χ3n) is 3.08. The lowest BCUT2D eigenvalue weighted by atomic mass is 10.1. The lowest BCUT2D eigenvalue weighted by Gasteiger charge is -2.15. The zero-order valence-electron chi connectivity index (χ0n) is 12.4. The molecule has 0 aromatic carbocycles. The first kappa shape index (κ1) is 14.9. The molecule has 2 aromatic heterocycles. The number of pyridine rings is 1. The monoisotopic (exact) mass is 291 g/mol. The third-order valence-corrected chi connectivity index (χ3v) is 4.25. The Kier molecular flexibility index (Phi) is 4.73. The number of aromatic nitrogens is 2. The van der Waals surface area contributed by atoms with Gasteiger partial charge in [0, 0.05) is 12.7 Å². The zero-order chi connectivity index (χ0) is 14.7. The van der Waals surface area contributed by atoms with Crippen LogP contribution in [0.3, 0.4) is 0 Å². The molecule has 0 saturated heterocycles. The Morgan fingerprint density at radius 2 is 2.05 bits per heavy atom. The summed E-state index contributed by atoms with van der Waals surface area (Å²) in [5.41, 5.74) is 3.05. The van der Waals surface area contributed by atoms with E-state index in [0.29, 0.717) is 5.92 Å². The maximum atomic E-state index is 9.43. The first-order chi connectivity index (χ1) is 9.51. The first-order valence-electron chi connectivity index (χ1n) is 6.75. The molecule has 0 bridgehead atoms. The van der Waals surface area contributed by atoms with Gasteiger partial charge < -0.3 is 10.0 Å². The maximum absolute atomic E-state index is 9.43. The highest BCUT2D eigenvalue weighted by atomic mass is 32.1. The number of thiazole rings is 1. The van der Waals surface area contributed by atoms with Crippen LogP contribution in [0.4, 0.5) is 5.13 Å². The summed E-state index contributed by atoms with van der Waals surface area (Å²) in [7, 11) is 2.01. The summed E-state index contributed by atoms with van der Waals surface area (Å²) < 4.78 is 0. The van der Waals surface area contributed by atoms with E-state index in [1.165, 1.54) is 0 Å². The predicted octanol–water partition coefficient (Wildman–Crippen LogP) is 3.10. The second kappa shape index (κ2) is 6.33. The molecular formula is C15H21N3OS. The highest BCUT2D eigenvalue weighted by Crippen LogP contribution is 2.30. The minimum absolute atomic E-state index is 0.0573. The molecule has 2 aromatic rings. The van der Waals surface area contributed by atoms with Gasteiger partial charge in [-0.3, -0.25) is 4.98 Å². The topological polar surface area (TPSA) is 49.2 Å². The molecule has 4 nitrogen and oxygen atoms in total. The van der Waals surface area contributed by atoms with Crippen molar-refractivity contribution in [3.05, 3.63) is 40.2 Å². The molecule has 2 heterocycles. The summed E-state index contributed by atoms with van der Waals surface area (Å²) >= 11 is 1.56. The standard InChI is InChI=1S/C15H21N3OS/c1-10(2)14-13(9-19)20-15(17-14)18(4)8-12-7-5-6-11(3)16-12/h5-7,10,19H,8-9H2,1-4H3. The van der Waals surface area contributed by atoms with Crippen LogP contribution < -0.4 is 4.90 Å². The number of hydrogen-bond acceptors (Lipinski definition) is 5. The number of hydrogen-bond donors (Lipinski definition) is 1. The van der Waals surface area contributed by atoms with Gasteiger partial charge in [0.2, 0.25) is 0 Å². The molecule has 5 heteroatoms. The van der Waals surface area contributed by atoms with Crippen molar-refractivity contribution in [1.29, 1.82) is 0 Å². The molecule has 0 aliphatic heterocycles. The molecular weight excluding hydrogens is 270 g/mol. The second-order valence-corrected chi connectivity index (χ2v) is 6.31. The molecule has 20 heavy (non-hydrogen) atoms. The average Bonchev–Trinajstić information content (AvgIpc) is 2.83. The van der Waals surface area contributed by atoms with Crippen molar-refractivity contribution < 1.29 is 5.11 Å². The Morgan fingerprint density at radius 1 is 1.30 bits per heavy atom. The first-order valence-corrected chi connectivity index (χ1v) is 7.57. The van der Waals surface area contributed by atoms with E-state index >= 15 is 0 Å². The molecule has 0 aliphatic carbocycles. The predicted molar refractivity (Wildman–Crippen MR) is 83.2 cm³/mol. The Balaban J connectivity index is 2.19. The van der Waals surface area contributed by atoms with Gasteiger partial charge in [0.05, 0.1) is 29.4 Å². The van der Waals surface area contributed by atoms with E-state index in [0.717, 1.165) is 33.6 Å². The van der Waals surface area contributed by atoms with Crippen molar-refractivity contribution in [1.82, 2.24) is 9.97 Å². The summed E-state index contributed by atoms with van der Waals surface area (Å²) in [4.78, 5) is 12.2. The maximum Gasteiger partial charge on any atom is 0.185 e. The van der Waals surface area contributed by atoms with Gasteiger partial charge in [0.25, 0.3) is 0 Å². The summed E-state index contributed by atoms with van der Waals surface area (Å²) in [5, 5.41) is 10.4. The van der Waals surface area contributed by atoms with Gasteiger partial charge in [-0.1, -0.05) is 31.3 Å². The van der Waals surface area contributed by atoms with E-state index in [2.05, 4.69) is 28.7 Å². The van der Waals surface area contributed by atoms with E-state index in [1.54, 1.807) is 11.3 Å². The molecule has 0 saturated carbocycles. The smallest absolute Gasteiger partial charge is 0.185 e. The van der Waals surface area contributed by atoms with Gasteiger partial charge in [0.1, 0.15) is 0 Å². The minimum Gasteiger partial charge on any atom is -0.391 e. The van der Waals surface area contributed by atoms with Crippen molar-refractivity contribution in [3.8, 4) is 0 Å². The van der Waals surface area contributed by atoms with E-state index < -0.39 is 0 Å². The molecule has 1 N–H and O–H groups in total. The van der Waals surface area contributed by atoms with Gasteiger partial charge in [-0.25, -0.2) is 4.98 Å². The van der Waals surface area contributed by atoms with Crippen molar-refractivity contribution in [2.75, 3.05) is 11.9 Å². The number of nitrogens with zero attached hydrogens (tertiary/aromatic N) is 3. The summed E-state index contributed by atoms with van der Waals surface area (Å²) in [5.74, 6) is 0.327. The van der Waals surface area contributed by atoms with Gasteiger partial charge in [-0.15, -0.1) is 0 Å². The minimum atomic E-state index is 0.0573. The van der Waals surface area contributed by atoms with Crippen LogP contribution in [0.1, 0.15) is 41.7 Å². The van der Waals surface area contributed by atoms with Crippen molar-refractivity contribution >= 4 is 16.5 Å². The van der Waals surface area contributed by atoms with Gasteiger partial charge in [0.15, 0.2) is 5.13 Å². The molecule has 108 valence electrons. The second-order valence-electron chi connectivity index (χ2n) is 5.24. The normalized spacial score (nSPS) is 11.1. The fourth-order valence-corrected chi connectivity index (χ4v) is 3.11. The number of anilines is 1. The van der Waals surface area contributed by atoms with Crippen LogP contribution in [0.15, 0.2) is 18.2 Å². The number of aliphatic hydroxyl groups is 1. The van der Waals surface area contributed by atoms with Crippen LogP contribution in [0.25, 0.3) is 0 Å². The van der Waals surface area contributed by atoms with Crippen LogP contribution in [0, 0.1) is 6.92 Å². The lowest BCUT2D eigenvalue weighted by molar-refractivity contribution is 0.283. The Bertz CT molecular complexity index is 580. The molecule has 0 spiro atoms. The fourth-order valence-electron chi connectivity index (χ4n) is 2.08. The van der Waals surface area contributed by atoms with Crippen LogP contribution >= 0.6 is 11.3 Å². The van der Waals surface area contributed by atoms with Gasteiger partial charge in [-0.05, 0) is 25.0 Å². The molecule has 2 rings (SSSR count). The van der Waals surface area contributed by atoms with Crippen molar-refractivity contribution in [3.63, 3.8) is 0 Å². The van der Waals surface area contributed by atoms with Crippen LogP contribution in [0.2, 0.25) is 0 Å². The number of rotatable bonds is 5. The molecule has 0 amide bonds. The molecule has 0 fully saturated rings. The van der Waals surface area contributed by atoms with E-state index in [9.17, 15) is 5.11 Å². The fraction of sp³-hybridized carbons (Fsp3) is 0.467. The molecule has 0 radical (unpaired) electrons. The molecule has 0 atom stereocenters. The largest absolute Gasteiger partial charge is 0.391 e. The van der Waals surface area contributed by atoms with E-state index in [1.807, 2.05) is 32.2 Å². The van der Waals surface area contributed by atoms with E-state index in [4.69, 9.17) is 0 Å². The van der Waals surface area contributed by atoms with E-state index in [-0.39, 0.29) is 6.61 Å². The Hall–Kier alpha value is -1.46. The summed E-state index contributed by atoms with van der Waals surface area (Å²) in [6.45, 7) is 6.97. The average molecular weight is 291 g/mol. The quantitative estimate of drug-likeness (QED) is 0.919. The SMILES string of the molecule is Cc1cccc(CN(C)c2nc(C(C)C)c(CO)s2)n1. The Morgan fingerprint density at radius 3 is 2.60 bits per heavy atom. The highest BCUT2D eigenvalue weighted by Gasteiger charge is 2.16. The lowest BCUT2D eigenvalue weighted by Crippen LogP contribution is -2.17. The van der Waals surface area contributed by atoms with Crippen molar-refractivity contribution in [2.45, 2.75) is 39.8 Å². The highest BCUT2D eigenvalue weighted by molar-refractivity contribution is 7.15. The zero-order valence-corrected chi connectivity index (χ0v) is 13.2.